The molecule has 2 N–H and O–H groups in total. The van der Waals surface area contributed by atoms with Gasteiger partial charge in [-0.1, -0.05) is 25.1 Å². The molecule has 0 saturated carbocycles. The smallest absolute Gasteiger partial charge is 0.177 e. The lowest BCUT2D eigenvalue weighted by atomic mass is 9.80. The molecule has 1 aliphatic rings. The van der Waals surface area contributed by atoms with Gasteiger partial charge in [0, 0.05) is 31.7 Å². The predicted molar refractivity (Wildman–Crippen MR) is 81.5 cm³/mol. The molecule has 1 fully saturated rings. The van der Waals surface area contributed by atoms with Crippen LogP contribution in [0.3, 0.4) is 0 Å². The Kier molecular flexibility index (Phi) is 3.67. The minimum atomic E-state index is 0.165. The van der Waals surface area contributed by atoms with Crippen molar-refractivity contribution in [3.05, 3.63) is 29.3 Å². The topological polar surface area (TPSA) is 55.3 Å². The number of rotatable bonds is 3. The van der Waals surface area contributed by atoms with Gasteiger partial charge in [-0.3, -0.25) is 4.90 Å². The van der Waals surface area contributed by atoms with Gasteiger partial charge in [0.15, 0.2) is 5.76 Å². The van der Waals surface area contributed by atoms with E-state index >= 15 is 0 Å². The zero-order valence-corrected chi connectivity index (χ0v) is 12.8. The van der Waals surface area contributed by atoms with Gasteiger partial charge < -0.3 is 10.3 Å². The molecular weight excluding hydrogens is 270 g/mol. The SMILES string of the molecule is CC1(C)CN(Cc2cc(-c3cccs3)on2)CCC1N. The Morgan fingerprint density at radius 2 is 2.40 bits per heavy atom. The number of nitrogens with two attached hydrogens (primary N) is 1. The van der Waals surface area contributed by atoms with Gasteiger partial charge >= 0.3 is 0 Å². The summed E-state index contributed by atoms with van der Waals surface area (Å²) in [7, 11) is 0. The van der Waals surface area contributed by atoms with Crippen LogP contribution in [0.15, 0.2) is 28.1 Å². The first-order valence-electron chi connectivity index (χ1n) is 7.02. The van der Waals surface area contributed by atoms with Gasteiger partial charge in [-0.15, -0.1) is 11.3 Å². The highest BCUT2D eigenvalue weighted by atomic mass is 32.1. The van der Waals surface area contributed by atoms with E-state index in [0.29, 0.717) is 0 Å². The third-order valence-electron chi connectivity index (χ3n) is 4.10. The Bertz CT molecular complexity index is 561. The third kappa shape index (κ3) is 2.80. The van der Waals surface area contributed by atoms with Crippen molar-refractivity contribution in [1.29, 1.82) is 0 Å². The normalized spacial score (nSPS) is 23.1. The maximum absolute atomic E-state index is 6.18. The van der Waals surface area contributed by atoms with E-state index in [1.807, 2.05) is 17.5 Å². The third-order valence-corrected chi connectivity index (χ3v) is 4.98. The van der Waals surface area contributed by atoms with E-state index in [2.05, 4.69) is 30.0 Å². The second-order valence-corrected chi connectivity index (χ2v) is 7.20. The highest BCUT2D eigenvalue weighted by molar-refractivity contribution is 7.13. The largest absolute Gasteiger partial charge is 0.355 e. The molecule has 1 saturated heterocycles. The van der Waals surface area contributed by atoms with Crippen molar-refractivity contribution in [2.24, 2.45) is 11.1 Å². The van der Waals surface area contributed by atoms with E-state index in [1.165, 1.54) is 0 Å². The molecule has 4 nitrogen and oxygen atoms in total. The number of aromatic nitrogens is 1. The first kappa shape index (κ1) is 13.8. The quantitative estimate of drug-likeness (QED) is 0.944. The Labute approximate surface area is 123 Å². The van der Waals surface area contributed by atoms with Gasteiger partial charge in [0.05, 0.1) is 10.6 Å². The van der Waals surface area contributed by atoms with Crippen LogP contribution in [0, 0.1) is 5.41 Å². The summed E-state index contributed by atoms with van der Waals surface area (Å²) < 4.78 is 5.43. The second-order valence-electron chi connectivity index (χ2n) is 6.25. The number of piperidine rings is 1. The molecule has 3 heterocycles. The molecule has 2 aromatic rings. The number of hydrogen-bond donors (Lipinski definition) is 1. The summed E-state index contributed by atoms with van der Waals surface area (Å²) in [5.41, 5.74) is 7.34. The van der Waals surface area contributed by atoms with Gasteiger partial charge in [0.25, 0.3) is 0 Å². The maximum Gasteiger partial charge on any atom is 0.177 e. The van der Waals surface area contributed by atoms with Crippen molar-refractivity contribution in [1.82, 2.24) is 10.1 Å². The Morgan fingerprint density at radius 3 is 3.10 bits per heavy atom. The average molecular weight is 291 g/mol. The van der Waals surface area contributed by atoms with E-state index in [0.717, 1.165) is 42.4 Å². The molecule has 1 unspecified atom stereocenters. The first-order valence-corrected chi connectivity index (χ1v) is 7.90. The van der Waals surface area contributed by atoms with Crippen molar-refractivity contribution in [2.75, 3.05) is 13.1 Å². The van der Waals surface area contributed by atoms with Crippen molar-refractivity contribution in [3.63, 3.8) is 0 Å². The zero-order valence-electron chi connectivity index (χ0n) is 12.0. The molecule has 0 radical (unpaired) electrons. The summed E-state index contributed by atoms with van der Waals surface area (Å²) in [6.07, 6.45) is 1.04. The summed E-state index contributed by atoms with van der Waals surface area (Å²) in [4.78, 5) is 3.55. The average Bonchev–Trinajstić information content (AvgIpc) is 3.03. The van der Waals surface area contributed by atoms with Gasteiger partial charge in [0.2, 0.25) is 0 Å². The summed E-state index contributed by atoms with van der Waals surface area (Å²) in [5, 5.41) is 6.24. The van der Waals surface area contributed by atoms with Crippen LogP contribution in [-0.2, 0) is 6.54 Å². The minimum Gasteiger partial charge on any atom is -0.355 e. The number of likely N-dealkylation sites (tertiary alicyclic amines) is 1. The highest BCUT2D eigenvalue weighted by Crippen LogP contribution is 2.29. The fraction of sp³-hybridized carbons (Fsp3) is 0.533. The number of hydrogen-bond acceptors (Lipinski definition) is 5. The molecule has 2 aromatic heterocycles. The van der Waals surface area contributed by atoms with Crippen LogP contribution in [0.2, 0.25) is 0 Å². The zero-order chi connectivity index (χ0) is 14.2. The second kappa shape index (κ2) is 5.31. The number of nitrogens with zero attached hydrogens (tertiary/aromatic N) is 2. The minimum absolute atomic E-state index is 0.165. The molecule has 108 valence electrons. The van der Waals surface area contributed by atoms with Gasteiger partial charge in [-0.25, -0.2) is 0 Å². The Hall–Kier alpha value is -1.17. The van der Waals surface area contributed by atoms with E-state index in [9.17, 15) is 0 Å². The van der Waals surface area contributed by atoms with Crippen LogP contribution in [-0.4, -0.2) is 29.2 Å². The lowest BCUT2D eigenvalue weighted by molar-refractivity contribution is 0.0881. The Morgan fingerprint density at radius 1 is 1.55 bits per heavy atom. The summed E-state index contributed by atoms with van der Waals surface area (Å²) in [6, 6.07) is 6.42. The standard InChI is InChI=1S/C15H21N3OS/c1-15(2)10-18(6-5-14(15)16)9-11-8-12(19-17-11)13-4-3-7-20-13/h3-4,7-8,14H,5-6,9-10,16H2,1-2H3. The molecule has 5 heteroatoms. The molecule has 0 amide bonds. The molecule has 0 spiro atoms. The molecule has 20 heavy (non-hydrogen) atoms. The van der Waals surface area contributed by atoms with Crippen molar-refractivity contribution < 1.29 is 4.52 Å². The molecule has 1 aliphatic heterocycles. The Balaban J connectivity index is 1.67. The molecule has 3 rings (SSSR count). The first-order chi connectivity index (χ1) is 9.54. The molecule has 0 bridgehead atoms. The van der Waals surface area contributed by atoms with E-state index < -0.39 is 0 Å². The van der Waals surface area contributed by atoms with E-state index in [4.69, 9.17) is 10.3 Å². The van der Waals surface area contributed by atoms with E-state index in [-0.39, 0.29) is 11.5 Å². The fourth-order valence-corrected chi connectivity index (χ4v) is 3.44. The monoisotopic (exact) mass is 291 g/mol. The maximum atomic E-state index is 6.18. The van der Waals surface area contributed by atoms with Gasteiger partial charge in [0.1, 0.15) is 0 Å². The molecule has 0 aromatic carbocycles. The van der Waals surface area contributed by atoms with Gasteiger partial charge in [-0.2, -0.15) is 0 Å². The van der Waals surface area contributed by atoms with Crippen molar-refractivity contribution in [3.8, 4) is 10.6 Å². The fourth-order valence-electron chi connectivity index (χ4n) is 2.77. The summed E-state index contributed by atoms with van der Waals surface area (Å²) >= 11 is 1.67. The highest BCUT2D eigenvalue weighted by Gasteiger charge is 2.33. The lowest BCUT2D eigenvalue weighted by Crippen LogP contribution is -2.52. The van der Waals surface area contributed by atoms with Crippen LogP contribution < -0.4 is 5.73 Å². The number of thiophene rings is 1. The predicted octanol–water partition coefficient (Wildman–Crippen LogP) is 2.96. The van der Waals surface area contributed by atoms with Crippen molar-refractivity contribution in [2.45, 2.75) is 32.9 Å². The van der Waals surface area contributed by atoms with E-state index in [1.54, 1.807) is 11.3 Å². The van der Waals surface area contributed by atoms with Crippen LogP contribution in [0.4, 0.5) is 0 Å². The summed E-state index contributed by atoms with van der Waals surface area (Å²) in [5.74, 6) is 0.864. The van der Waals surface area contributed by atoms with Gasteiger partial charge in [-0.05, 0) is 23.3 Å². The molecular formula is C15H21N3OS. The summed E-state index contributed by atoms with van der Waals surface area (Å²) in [6.45, 7) is 7.36. The molecule has 0 aliphatic carbocycles. The van der Waals surface area contributed by atoms with Crippen LogP contribution in [0.1, 0.15) is 26.0 Å². The lowest BCUT2D eigenvalue weighted by Gasteiger charge is -2.42. The molecule has 1 atom stereocenters. The van der Waals surface area contributed by atoms with Crippen LogP contribution in [0.5, 0.6) is 0 Å². The van der Waals surface area contributed by atoms with Crippen LogP contribution in [0.25, 0.3) is 10.6 Å². The van der Waals surface area contributed by atoms with Crippen molar-refractivity contribution >= 4 is 11.3 Å². The van der Waals surface area contributed by atoms with Crippen LogP contribution >= 0.6 is 11.3 Å².